The maximum atomic E-state index is 12.5. The van der Waals surface area contributed by atoms with Gasteiger partial charge in [0.15, 0.2) is 0 Å². The fraction of sp³-hybridized carbons (Fsp3) is 0.238. The lowest BCUT2D eigenvalue weighted by molar-refractivity contribution is 0.0698. The highest BCUT2D eigenvalue weighted by atomic mass is 32.1. The molecule has 0 saturated heterocycles. The monoisotopic (exact) mass is 401 g/mol. The van der Waals surface area contributed by atoms with E-state index in [0.29, 0.717) is 23.7 Å². The minimum absolute atomic E-state index is 0.0411. The summed E-state index contributed by atoms with van der Waals surface area (Å²) in [6.07, 6.45) is 4.34. The number of aliphatic hydroxyl groups is 1. The summed E-state index contributed by atoms with van der Waals surface area (Å²) in [7, 11) is 0. The number of thiophene rings is 1. The molecule has 1 aromatic heterocycles. The first-order valence-corrected chi connectivity index (χ1v) is 9.63. The van der Waals surface area contributed by atoms with Crippen LogP contribution in [0.5, 0.6) is 0 Å². The van der Waals surface area contributed by atoms with E-state index in [1.807, 2.05) is 32.1 Å². The van der Waals surface area contributed by atoms with E-state index in [9.17, 15) is 19.8 Å². The van der Waals surface area contributed by atoms with Crippen molar-refractivity contribution in [2.24, 2.45) is 0 Å². The molecule has 7 heteroatoms. The van der Waals surface area contributed by atoms with Crippen LogP contribution < -0.4 is 5.32 Å². The van der Waals surface area contributed by atoms with Crippen molar-refractivity contribution in [1.82, 2.24) is 0 Å². The van der Waals surface area contributed by atoms with Gasteiger partial charge >= 0.3 is 5.97 Å². The van der Waals surface area contributed by atoms with E-state index in [2.05, 4.69) is 5.32 Å². The number of nitrogens with one attached hydrogen (secondary N) is 1. The largest absolute Gasteiger partial charge is 0.496 e. The summed E-state index contributed by atoms with van der Waals surface area (Å²) in [5.41, 5.74) is 1.30. The van der Waals surface area contributed by atoms with Crippen LogP contribution in [0.2, 0.25) is 0 Å². The van der Waals surface area contributed by atoms with Gasteiger partial charge in [-0.25, -0.2) is 4.79 Å². The lowest BCUT2D eigenvalue weighted by Gasteiger charge is -2.07. The lowest BCUT2D eigenvalue weighted by Crippen LogP contribution is -2.13. The third-order valence-electron chi connectivity index (χ3n) is 3.94. The van der Waals surface area contributed by atoms with Crippen molar-refractivity contribution in [1.29, 1.82) is 0 Å². The second kappa shape index (κ2) is 10.4. The number of anilines is 1. The molecule has 0 aliphatic rings. The molecule has 0 unspecified atom stereocenters. The molecule has 1 heterocycles. The van der Waals surface area contributed by atoms with Gasteiger partial charge in [0, 0.05) is 4.88 Å². The number of allylic oxidation sites excluding steroid dienone is 3. The van der Waals surface area contributed by atoms with Gasteiger partial charge in [-0.3, -0.25) is 4.79 Å². The molecule has 0 aliphatic heterocycles. The zero-order valence-electron chi connectivity index (χ0n) is 15.8. The molecule has 148 valence electrons. The highest BCUT2D eigenvalue weighted by Gasteiger charge is 2.15. The van der Waals surface area contributed by atoms with Gasteiger partial charge in [-0.2, -0.15) is 0 Å². The smallest absolute Gasteiger partial charge is 0.337 e. The lowest BCUT2D eigenvalue weighted by atomic mass is 10.1. The predicted octanol–water partition coefficient (Wildman–Crippen LogP) is 4.40. The highest BCUT2D eigenvalue weighted by Crippen LogP contribution is 2.28. The van der Waals surface area contributed by atoms with Crippen molar-refractivity contribution in [3.8, 4) is 0 Å². The molecule has 6 nitrogen and oxygen atoms in total. The van der Waals surface area contributed by atoms with E-state index >= 15 is 0 Å². The topological polar surface area (TPSA) is 95.9 Å². The Kier molecular flexibility index (Phi) is 7.98. The predicted molar refractivity (Wildman–Crippen MR) is 111 cm³/mol. The fourth-order valence-corrected chi connectivity index (χ4v) is 3.52. The molecule has 2 aromatic rings. The van der Waals surface area contributed by atoms with Crippen molar-refractivity contribution in [2.45, 2.75) is 20.3 Å². The summed E-state index contributed by atoms with van der Waals surface area (Å²) >= 11 is 1.32. The van der Waals surface area contributed by atoms with Gasteiger partial charge in [0.2, 0.25) is 0 Å². The van der Waals surface area contributed by atoms with E-state index in [-0.39, 0.29) is 23.8 Å². The second-order valence-corrected chi connectivity index (χ2v) is 6.83. The van der Waals surface area contributed by atoms with E-state index in [1.165, 1.54) is 17.4 Å². The molecule has 0 spiro atoms. The second-order valence-electron chi connectivity index (χ2n) is 5.75. The van der Waals surface area contributed by atoms with E-state index in [0.717, 1.165) is 10.5 Å². The van der Waals surface area contributed by atoms with Crippen molar-refractivity contribution >= 4 is 34.5 Å². The third kappa shape index (κ3) is 5.55. The van der Waals surface area contributed by atoms with E-state index in [4.69, 9.17) is 4.74 Å². The SMILES string of the molecule is C/C=C(\C/C=C(\CO)OCC)c1ccc(C(=O)Nc2ccccc2C(=O)O)s1. The van der Waals surface area contributed by atoms with Gasteiger partial charge in [0.05, 0.1) is 22.7 Å². The summed E-state index contributed by atoms with van der Waals surface area (Å²) in [6.45, 7) is 4.09. The summed E-state index contributed by atoms with van der Waals surface area (Å²) in [6, 6.07) is 9.84. The molecule has 28 heavy (non-hydrogen) atoms. The number of para-hydroxylation sites is 1. The number of carbonyl (C=O) groups excluding carboxylic acids is 1. The number of carboxylic acids is 1. The van der Waals surface area contributed by atoms with E-state index in [1.54, 1.807) is 24.3 Å². The van der Waals surface area contributed by atoms with E-state index < -0.39 is 5.97 Å². The number of rotatable bonds is 9. The Morgan fingerprint density at radius 1 is 1.18 bits per heavy atom. The van der Waals surface area contributed by atoms with Crippen LogP contribution in [0.4, 0.5) is 5.69 Å². The highest BCUT2D eigenvalue weighted by molar-refractivity contribution is 7.15. The van der Waals surface area contributed by atoms with Crippen LogP contribution in [0.1, 0.15) is 45.2 Å². The Balaban J connectivity index is 2.14. The molecule has 1 amide bonds. The molecule has 0 saturated carbocycles. The third-order valence-corrected chi connectivity index (χ3v) is 5.10. The van der Waals surface area contributed by atoms with Gasteiger partial charge in [0.25, 0.3) is 5.91 Å². The molecule has 3 N–H and O–H groups in total. The quantitative estimate of drug-likeness (QED) is 0.541. The molecular formula is C21H23NO5S. The van der Waals surface area contributed by atoms with Gasteiger partial charge < -0.3 is 20.3 Å². The number of hydrogen-bond donors (Lipinski definition) is 3. The molecular weight excluding hydrogens is 378 g/mol. The number of carbonyl (C=O) groups is 2. The van der Waals surface area contributed by atoms with Crippen LogP contribution in [-0.4, -0.2) is 35.3 Å². The standard InChI is InChI=1S/C21H23NO5S/c1-3-14(9-10-15(13-23)27-4-2)18-11-12-19(28-18)20(24)22-17-8-6-5-7-16(17)21(25)26/h3,5-8,10-12,23H,4,9,13H2,1-2H3,(H,22,24)(H,25,26)/b14-3+,15-10+. The Morgan fingerprint density at radius 3 is 2.54 bits per heavy atom. The van der Waals surface area contributed by atoms with Crippen molar-refractivity contribution in [3.05, 3.63) is 69.6 Å². The van der Waals surface area contributed by atoms with Crippen molar-refractivity contribution < 1.29 is 24.5 Å². The van der Waals surface area contributed by atoms with Crippen LogP contribution in [0.15, 0.2) is 54.3 Å². The van der Waals surface area contributed by atoms with Crippen molar-refractivity contribution in [3.63, 3.8) is 0 Å². The Bertz CT molecular complexity index is 898. The van der Waals surface area contributed by atoms with Crippen LogP contribution >= 0.6 is 11.3 Å². The maximum Gasteiger partial charge on any atom is 0.337 e. The molecule has 0 aliphatic carbocycles. The van der Waals surface area contributed by atoms with Crippen molar-refractivity contribution in [2.75, 3.05) is 18.5 Å². The fourth-order valence-electron chi connectivity index (χ4n) is 2.53. The number of aliphatic hydroxyl groups excluding tert-OH is 1. The normalized spacial score (nSPS) is 12.0. The van der Waals surface area contributed by atoms with Gasteiger partial charge in [-0.1, -0.05) is 18.2 Å². The number of ether oxygens (including phenoxy) is 1. The Hall–Kier alpha value is -2.90. The first-order chi connectivity index (χ1) is 13.5. The van der Waals surface area contributed by atoms with Gasteiger partial charge in [0.1, 0.15) is 12.4 Å². The van der Waals surface area contributed by atoms with Crippen LogP contribution in [-0.2, 0) is 4.74 Å². The molecule has 0 radical (unpaired) electrons. The zero-order chi connectivity index (χ0) is 20.5. The molecule has 0 bridgehead atoms. The summed E-state index contributed by atoms with van der Waals surface area (Å²) in [5, 5.41) is 21.2. The molecule has 1 aromatic carbocycles. The first-order valence-electron chi connectivity index (χ1n) is 8.81. The summed E-state index contributed by atoms with van der Waals surface area (Å²) in [4.78, 5) is 25.2. The first kappa shape index (κ1) is 21.4. The molecule has 2 rings (SSSR count). The van der Waals surface area contributed by atoms with Gasteiger partial charge in [-0.15, -0.1) is 11.3 Å². The average Bonchev–Trinajstić information content (AvgIpc) is 3.18. The maximum absolute atomic E-state index is 12.5. The van der Waals surface area contributed by atoms with Crippen LogP contribution in [0.25, 0.3) is 5.57 Å². The number of benzene rings is 1. The number of hydrogen-bond acceptors (Lipinski definition) is 5. The number of aromatic carboxylic acids is 1. The number of carboxylic acid groups (broad SMARTS) is 1. The Morgan fingerprint density at radius 2 is 1.89 bits per heavy atom. The molecule has 0 atom stereocenters. The minimum Gasteiger partial charge on any atom is -0.496 e. The minimum atomic E-state index is -1.10. The zero-order valence-corrected chi connectivity index (χ0v) is 16.6. The summed E-state index contributed by atoms with van der Waals surface area (Å²) in [5.74, 6) is -0.942. The molecule has 0 fully saturated rings. The summed E-state index contributed by atoms with van der Waals surface area (Å²) < 4.78 is 5.34. The average molecular weight is 401 g/mol. The van der Waals surface area contributed by atoms with Crippen LogP contribution in [0.3, 0.4) is 0 Å². The number of amides is 1. The van der Waals surface area contributed by atoms with Crippen LogP contribution in [0, 0.1) is 0 Å². The Labute approximate surface area is 167 Å². The van der Waals surface area contributed by atoms with Gasteiger partial charge in [-0.05, 0) is 56.2 Å².